The van der Waals surface area contributed by atoms with Crippen molar-refractivity contribution in [1.29, 1.82) is 0 Å². The molecule has 0 spiro atoms. The number of alkyl halides is 1. The molecule has 3 N–H and O–H groups in total. The smallest absolute Gasteiger partial charge is 0.308 e. The Hall–Kier alpha value is -3.01. The lowest BCUT2D eigenvalue weighted by Gasteiger charge is -2.28. The molecular formula is C24H33F2N3O5. The Morgan fingerprint density at radius 1 is 1.15 bits per heavy atom. The lowest BCUT2D eigenvalue weighted by Crippen LogP contribution is -2.55. The highest BCUT2D eigenvalue weighted by molar-refractivity contribution is 6.00. The monoisotopic (exact) mass is 481 g/mol. The molecule has 0 aliphatic carbocycles. The number of carbonyl (C=O) groups is 3. The predicted octanol–water partition coefficient (Wildman–Crippen LogP) is 2.62. The number of carbonyl (C=O) groups excluding carboxylic acids is 3. The van der Waals surface area contributed by atoms with Gasteiger partial charge in [0.15, 0.2) is 0 Å². The fraction of sp³-hybridized carbons (Fsp3) is 0.542. The first-order chi connectivity index (χ1) is 15.7. The Morgan fingerprint density at radius 3 is 2.35 bits per heavy atom. The Balaban J connectivity index is 2.19. The maximum Gasteiger partial charge on any atom is 0.308 e. The number of esters is 1. The number of aromatic nitrogens is 1. The van der Waals surface area contributed by atoms with Gasteiger partial charge in [-0.2, -0.15) is 0 Å². The van der Waals surface area contributed by atoms with Crippen LogP contribution in [0.2, 0.25) is 0 Å². The van der Waals surface area contributed by atoms with Crippen LogP contribution in [0.1, 0.15) is 51.5 Å². The van der Waals surface area contributed by atoms with E-state index in [9.17, 15) is 28.3 Å². The largest absolute Gasteiger partial charge is 0.460 e. The van der Waals surface area contributed by atoms with Gasteiger partial charge < -0.3 is 25.0 Å². The zero-order valence-corrected chi connectivity index (χ0v) is 20.3. The molecule has 0 saturated heterocycles. The highest BCUT2D eigenvalue weighted by atomic mass is 19.1. The van der Waals surface area contributed by atoms with E-state index in [-0.39, 0.29) is 11.6 Å². The predicted molar refractivity (Wildman–Crippen MR) is 123 cm³/mol. The van der Waals surface area contributed by atoms with Gasteiger partial charge in [-0.15, -0.1) is 0 Å². The second kappa shape index (κ2) is 10.9. The van der Waals surface area contributed by atoms with E-state index in [0.29, 0.717) is 10.9 Å². The molecule has 0 saturated carbocycles. The van der Waals surface area contributed by atoms with Gasteiger partial charge in [-0.1, -0.05) is 13.8 Å². The van der Waals surface area contributed by atoms with Crippen molar-refractivity contribution in [2.24, 2.45) is 13.0 Å². The summed E-state index contributed by atoms with van der Waals surface area (Å²) in [6.45, 7) is 7.21. The van der Waals surface area contributed by atoms with Gasteiger partial charge in [0.2, 0.25) is 5.91 Å². The van der Waals surface area contributed by atoms with Gasteiger partial charge in [-0.3, -0.25) is 14.4 Å². The molecule has 1 aromatic heterocycles. The summed E-state index contributed by atoms with van der Waals surface area (Å²) >= 11 is 0. The minimum atomic E-state index is -1.63. The normalized spacial score (nSPS) is 14.5. The lowest BCUT2D eigenvalue weighted by molar-refractivity contribution is -0.156. The number of halogens is 2. The number of rotatable bonds is 9. The number of aryl methyl sites for hydroxylation is 1. The summed E-state index contributed by atoms with van der Waals surface area (Å²) in [5, 5.41) is 15.7. The number of aliphatic hydroxyl groups is 1. The van der Waals surface area contributed by atoms with E-state index in [4.69, 9.17) is 4.74 Å². The Morgan fingerprint density at radius 2 is 1.79 bits per heavy atom. The number of fused-ring (bicyclic) bond motifs is 1. The van der Waals surface area contributed by atoms with Crippen LogP contribution in [-0.2, 0) is 21.4 Å². The zero-order chi connectivity index (χ0) is 25.8. The first-order valence-electron chi connectivity index (χ1n) is 11.1. The minimum Gasteiger partial charge on any atom is -0.460 e. The summed E-state index contributed by atoms with van der Waals surface area (Å²) in [5.74, 6) is -2.78. The fourth-order valence-corrected chi connectivity index (χ4v) is 3.51. The second-order valence-electron chi connectivity index (χ2n) is 9.61. The Kier molecular flexibility index (Phi) is 8.77. The molecule has 3 atom stereocenters. The summed E-state index contributed by atoms with van der Waals surface area (Å²) in [4.78, 5) is 38.1. The second-order valence-corrected chi connectivity index (χ2v) is 9.61. The van der Waals surface area contributed by atoms with E-state index < -0.39 is 60.5 Å². The fourth-order valence-electron chi connectivity index (χ4n) is 3.51. The molecule has 2 amide bonds. The highest BCUT2D eigenvalue weighted by Gasteiger charge is 2.32. The van der Waals surface area contributed by atoms with Crippen LogP contribution >= 0.6 is 0 Å². The summed E-state index contributed by atoms with van der Waals surface area (Å²) in [5.41, 5.74) is 0.0659. The third-order valence-electron chi connectivity index (χ3n) is 5.23. The van der Waals surface area contributed by atoms with Gasteiger partial charge in [-0.05, 0) is 51.0 Å². The molecule has 0 fully saturated rings. The van der Waals surface area contributed by atoms with Crippen molar-refractivity contribution in [3.05, 3.63) is 35.8 Å². The van der Waals surface area contributed by atoms with Gasteiger partial charge in [0.25, 0.3) is 5.91 Å². The number of hydrogen-bond donors (Lipinski definition) is 3. The van der Waals surface area contributed by atoms with Crippen molar-refractivity contribution in [1.82, 2.24) is 15.2 Å². The average Bonchev–Trinajstić information content (AvgIpc) is 3.04. The van der Waals surface area contributed by atoms with Crippen LogP contribution in [0.25, 0.3) is 10.9 Å². The first kappa shape index (κ1) is 27.2. The van der Waals surface area contributed by atoms with Crippen molar-refractivity contribution in [2.45, 2.75) is 64.8 Å². The summed E-state index contributed by atoms with van der Waals surface area (Å²) < 4.78 is 33.5. The number of nitrogens with one attached hydrogen (secondary N) is 2. The maximum absolute atomic E-state index is 13.6. The van der Waals surface area contributed by atoms with Crippen LogP contribution in [0.15, 0.2) is 24.3 Å². The van der Waals surface area contributed by atoms with Gasteiger partial charge in [0.05, 0.1) is 12.5 Å². The molecule has 0 aliphatic rings. The molecule has 34 heavy (non-hydrogen) atoms. The van der Waals surface area contributed by atoms with E-state index in [1.807, 2.05) is 0 Å². The number of amides is 2. The zero-order valence-electron chi connectivity index (χ0n) is 20.3. The van der Waals surface area contributed by atoms with Gasteiger partial charge in [-0.25, -0.2) is 8.78 Å². The van der Waals surface area contributed by atoms with Crippen LogP contribution in [0.3, 0.4) is 0 Å². The molecule has 1 heterocycles. The van der Waals surface area contributed by atoms with Crippen molar-refractivity contribution >= 4 is 28.7 Å². The molecule has 2 rings (SSSR count). The molecule has 10 heteroatoms. The van der Waals surface area contributed by atoms with Gasteiger partial charge >= 0.3 is 5.97 Å². The summed E-state index contributed by atoms with van der Waals surface area (Å²) in [6, 6.07) is 3.36. The van der Waals surface area contributed by atoms with Gasteiger partial charge in [0, 0.05) is 18.0 Å². The van der Waals surface area contributed by atoms with Crippen molar-refractivity contribution < 1.29 is 33.0 Å². The summed E-state index contributed by atoms with van der Waals surface area (Å²) in [6.07, 6.45) is -2.07. The quantitative estimate of drug-likeness (QED) is 0.477. The third-order valence-corrected chi connectivity index (χ3v) is 5.23. The van der Waals surface area contributed by atoms with Crippen molar-refractivity contribution in [2.75, 3.05) is 6.67 Å². The van der Waals surface area contributed by atoms with Crippen LogP contribution in [0.4, 0.5) is 8.78 Å². The molecule has 0 aliphatic heterocycles. The van der Waals surface area contributed by atoms with Crippen LogP contribution < -0.4 is 10.6 Å². The molecule has 0 radical (unpaired) electrons. The third kappa shape index (κ3) is 6.99. The van der Waals surface area contributed by atoms with Crippen molar-refractivity contribution in [3.63, 3.8) is 0 Å². The van der Waals surface area contributed by atoms with Crippen LogP contribution in [0, 0.1) is 11.7 Å². The Bertz CT molecular complexity index is 1050. The molecule has 2 unspecified atom stereocenters. The average molecular weight is 482 g/mol. The topological polar surface area (TPSA) is 110 Å². The standard InChI is InChI=1S/C24H33F2N3O5/c1-13(2)21(23(33)27-16(19(30)12-25)11-20(31)34-24(3,4)5)28-22(32)18-10-14-9-15(26)7-8-17(14)29(18)6/h7-10,13,16,19,21,30H,11-12H2,1-6H3,(H,27,33)(H,28,32)/t16?,19?,21-/m0/s1. The van der Waals surface area contributed by atoms with E-state index in [1.54, 1.807) is 52.3 Å². The van der Waals surface area contributed by atoms with E-state index in [0.717, 1.165) is 0 Å². The van der Waals surface area contributed by atoms with E-state index >= 15 is 0 Å². The number of benzene rings is 1. The van der Waals surface area contributed by atoms with Crippen molar-refractivity contribution in [3.8, 4) is 0 Å². The molecule has 0 bridgehead atoms. The molecule has 2 aromatic rings. The summed E-state index contributed by atoms with van der Waals surface area (Å²) in [7, 11) is 1.65. The molecule has 8 nitrogen and oxygen atoms in total. The van der Waals surface area contributed by atoms with Crippen LogP contribution in [-0.4, -0.2) is 57.9 Å². The number of ether oxygens (including phenoxy) is 1. The molecule has 188 valence electrons. The van der Waals surface area contributed by atoms with Crippen LogP contribution in [0.5, 0.6) is 0 Å². The Labute approximate surface area is 197 Å². The number of aliphatic hydroxyl groups excluding tert-OH is 1. The molecule has 1 aromatic carbocycles. The van der Waals surface area contributed by atoms with E-state index in [1.165, 1.54) is 18.2 Å². The molecular weight excluding hydrogens is 448 g/mol. The first-order valence-corrected chi connectivity index (χ1v) is 11.1. The maximum atomic E-state index is 13.6. The highest BCUT2D eigenvalue weighted by Crippen LogP contribution is 2.20. The number of nitrogens with zero attached hydrogens (tertiary/aromatic N) is 1. The minimum absolute atomic E-state index is 0.216. The SMILES string of the molecule is CC(C)[C@H](NC(=O)c1cc2cc(F)ccc2n1C)C(=O)NC(CC(=O)OC(C)(C)C)C(O)CF. The van der Waals surface area contributed by atoms with E-state index in [2.05, 4.69) is 10.6 Å². The number of hydrogen-bond acceptors (Lipinski definition) is 5. The lowest BCUT2D eigenvalue weighted by atomic mass is 10.0. The van der Waals surface area contributed by atoms with Gasteiger partial charge in [0.1, 0.15) is 35.9 Å².